The zero-order chi connectivity index (χ0) is 14.4. The van der Waals surface area contributed by atoms with Gasteiger partial charge in [-0.25, -0.2) is 4.79 Å². The SMILES string of the molecule is CCOC(=O)C(NC)c1ccc(OC)c(C(C)C)c1. The summed E-state index contributed by atoms with van der Waals surface area (Å²) >= 11 is 0. The fourth-order valence-corrected chi connectivity index (χ4v) is 2.03. The van der Waals surface area contributed by atoms with E-state index in [0.29, 0.717) is 12.5 Å². The lowest BCUT2D eigenvalue weighted by Gasteiger charge is -2.18. The number of likely N-dealkylation sites (N-methyl/N-ethyl adjacent to an activating group) is 1. The number of nitrogens with one attached hydrogen (secondary N) is 1. The Hall–Kier alpha value is -1.55. The van der Waals surface area contributed by atoms with E-state index in [1.165, 1.54) is 0 Å². The van der Waals surface area contributed by atoms with Gasteiger partial charge in [-0.3, -0.25) is 0 Å². The van der Waals surface area contributed by atoms with Crippen LogP contribution >= 0.6 is 0 Å². The second kappa shape index (κ2) is 7.14. The minimum Gasteiger partial charge on any atom is -0.496 e. The third kappa shape index (κ3) is 3.70. The summed E-state index contributed by atoms with van der Waals surface area (Å²) in [5, 5.41) is 2.99. The Balaban J connectivity index is 3.11. The maximum absolute atomic E-state index is 11.9. The third-order valence-corrected chi connectivity index (χ3v) is 3.02. The van der Waals surface area contributed by atoms with E-state index in [1.54, 1.807) is 21.1 Å². The average molecular weight is 265 g/mol. The minimum absolute atomic E-state index is 0.259. The van der Waals surface area contributed by atoms with Gasteiger partial charge < -0.3 is 14.8 Å². The van der Waals surface area contributed by atoms with Gasteiger partial charge in [0, 0.05) is 0 Å². The molecule has 0 saturated carbocycles. The molecule has 19 heavy (non-hydrogen) atoms. The van der Waals surface area contributed by atoms with E-state index in [9.17, 15) is 4.79 Å². The topological polar surface area (TPSA) is 47.6 Å². The molecule has 0 saturated heterocycles. The molecule has 0 aromatic heterocycles. The molecule has 0 bridgehead atoms. The molecular weight excluding hydrogens is 242 g/mol. The highest BCUT2D eigenvalue weighted by Crippen LogP contribution is 2.29. The highest BCUT2D eigenvalue weighted by atomic mass is 16.5. The summed E-state index contributed by atoms with van der Waals surface area (Å²) < 4.78 is 10.4. The average Bonchev–Trinajstić information content (AvgIpc) is 2.39. The monoisotopic (exact) mass is 265 g/mol. The second-order valence-electron chi connectivity index (χ2n) is 4.63. The number of esters is 1. The standard InChI is InChI=1S/C15H23NO3/c1-6-19-15(17)14(16-4)11-7-8-13(18-5)12(9-11)10(2)3/h7-10,14,16H,6H2,1-5H3. The molecule has 4 heteroatoms. The van der Waals surface area contributed by atoms with Crippen LogP contribution in [0, 0.1) is 0 Å². The molecular formula is C15H23NO3. The summed E-state index contributed by atoms with van der Waals surface area (Å²) in [5.74, 6) is 0.914. The van der Waals surface area contributed by atoms with Crippen LogP contribution < -0.4 is 10.1 Å². The van der Waals surface area contributed by atoms with E-state index in [4.69, 9.17) is 9.47 Å². The summed E-state index contributed by atoms with van der Waals surface area (Å²) in [7, 11) is 3.41. The van der Waals surface area contributed by atoms with Crippen LogP contribution in [-0.4, -0.2) is 26.7 Å². The Morgan fingerprint density at radius 1 is 1.37 bits per heavy atom. The normalized spacial score (nSPS) is 12.3. The fourth-order valence-electron chi connectivity index (χ4n) is 2.03. The number of rotatable bonds is 6. The van der Waals surface area contributed by atoms with Crippen molar-refractivity contribution < 1.29 is 14.3 Å². The molecule has 0 amide bonds. The van der Waals surface area contributed by atoms with Crippen molar-refractivity contribution in [2.75, 3.05) is 20.8 Å². The number of carbonyl (C=O) groups is 1. The first-order valence-corrected chi connectivity index (χ1v) is 6.56. The number of hydrogen-bond donors (Lipinski definition) is 1. The molecule has 1 atom stereocenters. The van der Waals surface area contributed by atoms with Crippen LogP contribution in [0.25, 0.3) is 0 Å². The van der Waals surface area contributed by atoms with Crippen molar-refractivity contribution in [3.05, 3.63) is 29.3 Å². The van der Waals surface area contributed by atoms with Gasteiger partial charge in [0.1, 0.15) is 11.8 Å². The molecule has 0 aliphatic rings. The number of hydrogen-bond acceptors (Lipinski definition) is 4. The Morgan fingerprint density at radius 2 is 2.05 bits per heavy atom. The lowest BCUT2D eigenvalue weighted by Crippen LogP contribution is -2.27. The Bertz CT molecular complexity index is 429. The van der Waals surface area contributed by atoms with Gasteiger partial charge in [-0.1, -0.05) is 19.9 Å². The molecule has 1 aromatic rings. The van der Waals surface area contributed by atoms with E-state index in [1.807, 2.05) is 18.2 Å². The maximum atomic E-state index is 11.9. The van der Waals surface area contributed by atoms with Gasteiger partial charge in [0.25, 0.3) is 0 Å². The van der Waals surface area contributed by atoms with Crippen LogP contribution in [0.5, 0.6) is 5.75 Å². The van der Waals surface area contributed by atoms with Gasteiger partial charge in [0.2, 0.25) is 0 Å². The van der Waals surface area contributed by atoms with Crippen molar-refractivity contribution in [3.8, 4) is 5.75 Å². The number of carbonyl (C=O) groups excluding carboxylic acids is 1. The molecule has 0 radical (unpaired) electrons. The van der Waals surface area contributed by atoms with E-state index in [-0.39, 0.29) is 5.97 Å². The molecule has 1 N–H and O–H groups in total. The molecule has 0 spiro atoms. The van der Waals surface area contributed by atoms with Crippen LogP contribution in [0.4, 0.5) is 0 Å². The molecule has 0 fully saturated rings. The zero-order valence-electron chi connectivity index (χ0n) is 12.3. The lowest BCUT2D eigenvalue weighted by molar-refractivity contribution is -0.145. The molecule has 1 unspecified atom stereocenters. The van der Waals surface area contributed by atoms with Crippen LogP contribution in [0.2, 0.25) is 0 Å². The number of methoxy groups -OCH3 is 1. The van der Waals surface area contributed by atoms with E-state index in [2.05, 4.69) is 19.2 Å². The predicted octanol–water partition coefficient (Wildman–Crippen LogP) is 2.64. The molecule has 0 heterocycles. The van der Waals surface area contributed by atoms with Gasteiger partial charge in [0.15, 0.2) is 0 Å². The van der Waals surface area contributed by atoms with Crippen molar-refractivity contribution >= 4 is 5.97 Å². The Labute approximate surface area is 115 Å². The first kappa shape index (κ1) is 15.5. The Kier molecular flexibility index (Phi) is 5.83. The smallest absolute Gasteiger partial charge is 0.327 e. The summed E-state index contributed by atoms with van der Waals surface area (Å²) in [6, 6.07) is 5.35. The molecule has 0 aliphatic carbocycles. The van der Waals surface area contributed by atoms with Crippen molar-refractivity contribution in [1.29, 1.82) is 0 Å². The maximum Gasteiger partial charge on any atom is 0.327 e. The summed E-state index contributed by atoms with van der Waals surface area (Å²) in [6.07, 6.45) is 0. The summed E-state index contributed by atoms with van der Waals surface area (Å²) in [6.45, 7) is 6.38. The summed E-state index contributed by atoms with van der Waals surface area (Å²) in [4.78, 5) is 11.9. The lowest BCUT2D eigenvalue weighted by atomic mass is 9.96. The highest BCUT2D eigenvalue weighted by molar-refractivity contribution is 5.77. The number of benzene rings is 1. The molecule has 106 valence electrons. The van der Waals surface area contributed by atoms with Crippen LogP contribution in [-0.2, 0) is 9.53 Å². The number of ether oxygens (including phenoxy) is 2. The fraction of sp³-hybridized carbons (Fsp3) is 0.533. The first-order chi connectivity index (χ1) is 9.04. The van der Waals surface area contributed by atoms with E-state index >= 15 is 0 Å². The molecule has 1 rings (SSSR count). The van der Waals surface area contributed by atoms with Crippen molar-refractivity contribution in [2.24, 2.45) is 0 Å². The van der Waals surface area contributed by atoms with E-state index in [0.717, 1.165) is 16.9 Å². The van der Waals surface area contributed by atoms with E-state index < -0.39 is 6.04 Å². The Morgan fingerprint density at radius 3 is 2.53 bits per heavy atom. The second-order valence-corrected chi connectivity index (χ2v) is 4.63. The third-order valence-electron chi connectivity index (χ3n) is 3.02. The predicted molar refractivity (Wildman–Crippen MR) is 75.5 cm³/mol. The van der Waals surface area contributed by atoms with Gasteiger partial charge in [-0.05, 0) is 43.1 Å². The first-order valence-electron chi connectivity index (χ1n) is 6.56. The quantitative estimate of drug-likeness (QED) is 0.803. The largest absolute Gasteiger partial charge is 0.496 e. The molecule has 0 aliphatic heterocycles. The van der Waals surface area contributed by atoms with Crippen molar-refractivity contribution in [3.63, 3.8) is 0 Å². The van der Waals surface area contributed by atoms with Crippen LogP contribution in [0.15, 0.2) is 18.2 Å². The van der Waals surface area contributed by atoms with Crippen LogP contribution in [0.3, 0.4) is 0 Å². The molecule has 1 aromatic carbocycles. The van der Waals surface area contributed by atoms with Crippen LogP contribution in [0.1, 0.15) is 43.9 Å². The van der Waals surface area contributed by atoms with Gasteiger partial charge in [-0.15, -0.1) is 0 Å². The zero-order valence-corrected chi connectivity index (χ0v) is 12.3. The highest BCUT2D eigenvalue weighted by Gasteiger charge is 2.21. The van der Waals surface area contributed by atoms with Crippen molar-refractivity contribution in [1.82, 2.24) is 5.32 Å². The minimum atomic E-state index is -0.441. The molecule has 4 nitrogen and oxygen atoms in total. The summed E-state index contributed by atoms with van der Waals surface area (Å²) in [5.41, 5.74) is 1.98. The van der Waals surface area contributed by atoms with Gasteiger partial charge in [-0.2, -0.15) is 0 Å². The van der Waals surface area contributed by atoms with Gasteiger partial charge in [0.05, 0.1) is 13.7 Å². The van der Waals surface area contributed by atoms with Crippen molar-refractivity contribution in [2.45, 2.75) is 32.7 Å². The van der Waals surface area contributed by atoms with Gasteiger partial charge >= 0.3 is 5.97 Å².